The molecule has 0 saturated heterocycles. The lowest BCUT2D eigenvalue weighted by Gasteiger charge is -2.45. The van der Waals surface area contributed by atoms with E-state index in [2.05, 4.69) is 6.58 Å². The molecule has 0 bridgehead atoms. The van der Waals surface area contributed by atoms with Gasteiger partial charge in [0.05, 0.1) is 17.8 Å². The van der Waals surface area contributed by atoms with E-state index >= 15 is 0 Å². The van der Waals surface area contributed by atoms with Crippen molar-refractivity contribution in [2.24, 2.45) is 0 Å². The van der Waals surface area contributed by atoms with Gasteiger partial charge in [0, 0.05) is 7.05 Å². The Morgan fingerprint density at radius 1 is 1.33 bits per heavy atom. The molecule has 0 aliphatic carbocycles. The summed E-state index contributed by atoms with van der Waals surface area (Å²) in [7, 11) is -1.88. The third-order valence-corrected chi connectivity index (χ3v) is 5.59. The second-order valence-corrected chi connectivity index (χ2v) is 6.76. The summed E-state index contributed by atoms with van der Waals surface area (Å²) in [5.74, 6) is 0. The monoisotopic (exact) mass is 266 g/mol. The fourth-order valence-corrected chi connectivity index (χ4v) is 3.92. The van der Waals surface area contributed by atoms with Crippen molar-refractivity contribution in [3.63, 3.8) is 0 Å². The topological polar surface area (TPSA) is 40.6 Å². The number of hydrogen-bond donors (Lipinski definition) is 0. The summed E-state index contributed by atoms with van der Waals surface area (Å²) < 4.78 is 27.8. The Morgan fingerprint density at radius 2 is 1.94 bits per heavy atom. The van der Waals surface area contributed by atoms with Gasteiger partial charge in [-0.1, -0.05) is 24.3 Å². The number of hydrogen-bond acceptors (Lipinski definition) is 2. The van der Waals surface area contributed by atoms with Crippen molar-refractivity contribution in [1.29, 1.82) is 0 Å². The minimum absolute atomic E-state index is 0.278. The predicted octanol–water partition coefficient (Wildman–Crippen LogP) is 2.10. The van der Waals surface area contributed by atoms with Gasteiger partial charge in [-0.15, -0.1) is 6.58 Å². The summed E-state index contributed by atoms with van der Waals surface area (Å²) in [6.07, 6.45) is 1.60. The van der Waals surface area contributed by atoms with E-state index in [1.54, 1.807) is 13.1 Å². The van der Waals surface area contributed by atoms with Crippen LogP contribution in [-0.2, 0) is 15.7 Å². The summed E-state index contributed by atoms with van der Waals surface area (Å²) in [4.78, 5) is 0. The van der Waals surface area contributed by atoms with Crippen LogP contribution in [0.2, 0.25) is 0 Å². The molecule has 1 heterocycles. The highest BCUT2D eigenvalue weighted by Crippen LogP contribution is 2.42. The minimum Gasteiger partial charge on any atom is -0.253 e. The van der Waals surface area contributed by atoms with Gasteiger partial charge in [-0.05, 0) is 25.5 Å². The molecule has 1 aliphatic rings. The van der Waals surface area contributed by atoms with Gasteiger partial charge in [0.25, 0.3) is 0 Å². The van der Waals surface area contributed by atoms with Crippen molar-refractivity contribution >= 4 is 15.9 Å². The number of fused-ring (bicyclic) bond motifs is 1. The summed E-state index contributed by atoms with van der Waals surface area (Å²) >= 11 is 0. The van der Waals surface area contributed by atoms with E-state index in [0.717, 1.165) is 11.3 Å². The number of benzene rings is 1. The lowest BCUT2D eigenvalue weighted by molar-refractivity contribution is 0.263. The third-order valence-electron chi connectivity index (χ3n) is 3.54. The molecule has 0 atom stereocenters. The van der Waals surface area contributed by atoms with Crippen molar-refractivity contribution in [2.75, 3.05) is 17.9 Å². The van der Waals surface area contributed by atoms with Crippen LogP contribution in [0.4, 0.5) is 5.69 Å². The van der Waals surface area contributed by atoms with E-state index in [1.807, 2.05) is 38.1 Å². The number of anilines is 1. The Bertz CT molecular complexity index is 578. The molecule has 0 N–H and O–H groups in total. The molecule has 0 unspecified atom stereocenters. The van der Waals surface area contributed by atoms with Gasteiger partial charge < -0.3 is 0 Å². The van der Waals surface area contributed by atoms with Crippen molar-refractivity contribution in [1.82, 2.24) is 4.31 Å². The summed E-state index contributed by atoms with van der Waals surface area (Å²) in [6, 6.07) is 7.59. The van der Waals surface area contributed by atoms with E-state index in [1.165, 1.54) is 8.61 Å². The Hall–Kier alpha value is -1.33. The molecular formula is C13H18N2O2S. The van der Waals surface area contributed by atoms with Crippen molar-refractivity contribution < 1.29 is 8.42 Å². The van der Waals surface area contributed by atoms with Gasteiger partial charge in [-0.2, -0.15) is 12.7 Å². The highest BCUT2D eigenvalue weighted by atomic mass is 32.2. The van der Waals surface area contributed by atoms with E-state index in [0.29, 0.717) is 0 Å². The molecule has 0 radical (unpaired) electrons. The molecule has 0 saturated carbocycles. The smallest absolute Gasteiger partial charge is 0.253 e. The fraction of sp³-hybridized carbons (Fsp3) is 0.385. The average Bonchev–Trinajstić information content (AvgIpc) is 2.33. The predicted molar refractivity (Wildman–Crippen MR) is 73.7 cm³/mol. The fourth-order valence-electron chi connectivity index (χ4n) is 2.25. The molecule has 0 spiro atoms. The number of para-hydroxylation sites is 1. The lowest BCUT2D eigenvalue weighted by Crippen LogP contribution is -2.54. The molecule has 1 aromatic rings. The second kappa shape index (κ2) is 4.10. The Morgan fingerprint density at radius 3 is 2.56 bits per heavy atom. The van der Waals surface area contributed by atoms with Crippen LogP contribution >= 0.6 is 0 Å². The molecule has 18 heavy (non-hydrogen) atoms. The maximum absolute atomic E-state index is 12.5. The number of rotatable bonds is 2. The Kier molecular flexibility index (Phi) is 2.99. The summed E-state index contributed by atoms with van der Waals surface area (Å²) in [5, 5.41) is 0. The van der Waals surface area contributed by atoms with Crippen LogP contribution < -0.4 is 4.31 Å². The maximum Gasteiger partial charge on any atom is 0.304 e. The van der Waals surface area contributed by atoms with E-state index in [4.69, 9.17) is 0 Å². The standard InChI is InChI=1S/C13H18N2O2S/c1-5-10-15-12-9-7-6-8-11(12)13(2,3)14(4)18(15,16)17/h5-9H,1,10H2,2-4H3. The molecular weight excluding hydrogens is 248 g/mol. The normalized spacial score (nSPS) is 21.4. The molecule has 98 valence electrons. The molecule has 0 fully saturated rings. The van der Waals surface area contributed by atoms with Gasteiger partial charge in [-0.3, -0.25) is 4.31 Å². The van der Waals surface area contributed by atoms with Gasteiger partial charge in [-0.25, -0.2) is 0 Å². The Balaban J connectivity index is 2.74. The summed E-state index contributed by atoms with van der Waals surface area (Å²) in [6.45, 7) is 7.73. The second-order valence-electron chi connectivity index (χ2n) is 4.87. The SMILES string of the molecule is C=CCN1c2ccccc2C(C)(C)N(C)S1(=O)=O. The molecule has 2 rings (SSSR count). The van der Waals surface area contributed by atoms with Crippen molar-refractivity contribution in [3.05, 3.63) is 42.5 Å². The van der Waals surface area contributed by atoms with Crippen LogP contribution in [0.1, 0.15) is 19.4 Å². The van der Waals surface area contributed by atoms with E-state index < -0.39 is 15.7 Å². The molecule has 5 heteroatoms. The largest absolute Gasteiger partial charge is 0.304 e. The quantitative estimate of drug-likeness (QED) is 0.769. The molecule has 1 aromatic carbocycles. The van der Waals surface area contributed by atoms with E-state index in [-0.39, 0.29) is 6.54 Å². The van der Waals surface area contributed by atoms with Gasteiger partial charge in [0.15, 0.2) is 0 Å². The first-order chi connectivity index (χ1) is 8.33. The minimum atomic E-state index is -3.49. The van der Waals surface area contributed by atoms with Gasteiger partial charge in [0.1, 0.15) is 0 Å². The Labute approximate surface area is 109 Å². The first-order valence-electron chi connectivity index (χ1n) is 5.80. The molecule has 1 aliphatic heterocycles. The first kappa shape index (κ1) is 13.1. The highest BCUT2D eigenvalue weighted by Gasteiger charge is 2.44. The molecule has 4 nitrogen and oxygen atoms in total. The van der Waals surface area contributed by atoms with Gasteiger partial charge >= 0.3 is 10.2 Å². The average molecular weight is 266 g/mol. The van der Waals surface area contributed by atoms with E-state index in [9.17, 15) is 8.42 Å². The van der Waals surface area contributed by atoms with Crippen LogP contribution in [-0.4, -0.2) is 26.3 Å². The van der Waals surface area contributed by atoms with Crippen LogP contribution in [0.5, 0.6) is 0 Å². The van der Waals surface area contributed by atoms with Crippen LogP contribution in [0.3, 0.4) is 0 Å². The lowest BCUT2D eigenvalue weighted by atomic mass is 9.92. The first-order valence-corrected chi connectivity index (χ1v) is 7.20. The highest BCUT2D eigenvalue weighted by molar-refractivity contribution is 7.90. The van der Waals surface area contributed by atoms with Crippen LogP contribution in [0.15, 0.2) is 36.9 Å². The molecule has 0 amide bonds. The zero-order valence-electron chi connectivity index (χ0n) is 10.9. The summed E-state index contributed by atoms with van der Waals surface area (Å²) in [5.41, 5.74) is 1.19. The van der Waals surface area contributed by atoms with Crippen molar-refractivity contribution in [3.8, 4) is 0 Å². The number of nitrogens with zero attached hydrogens (tertiary/aromatic N) is 2. The van der Waals surface area contributed by atoms with Crippen LogP contribution in [0.25, 0.3) is 0 Å². The zero-order chi connectivity index (χ0) is 13.6. The maximum atomic E-state index is 12.5. The molecule has 0 aromatic heterocycles. The third kappa shape index (κ3) is 1.66. The van der Waals surface area contributed by atoms with Crippen molar-refractivity contribution in [2.45, 2.75) is 19.4 Å². The van der Waals surface area contributed by atoms with Crippen LogP contribution in [0, 0.1) is 0 Å². The van der Waals surface area contributed by atoms with Gasteiger partial charge in [0.2, 0.25) is 0 Å². The zero-order valence-corrected chi connectivity index (χ0v) is 11.7.